The van der Waals surface area contributed by atoms with Crippen LogP contribution >= 0.6 is 24.0 Å². The summed E-state index contributed by atoms with van der Waals surface area (Å²) in [5.41, 5.74) is 0.793. The highest BCUT2D eigenvalue weighted by atomic mass is 35.5. The number of carbonyl (C=O) groups excluding carboxylic acids is 2. The minimum atomic E-state index is -0.432. The molecule has 2 aliphatic rings. The van der Waals surface area contributed by atoms with Crippen LogP contribution in [-0.2, 0) is 4.74 Å². The number of halogens is 2. The van der Waals surface area contributed by atoms with Crippen molar-refractivity contribution in [2.75, 3.05) is 31.5 Å². The molecular weight excluding hydrogens is 365 g/mol. The summed E-state index contributed by atoms with van der Waals surface area (Å²) < 4.78 is 5.17. The van der Waals surface area contributed by atoms with Crippen LogP contribution in [0.15, 0.2) is 18.2 Å². The molecule has 0 saturated carbocycles. The fourth-order valence-corrected chi connectivity index (χ4v) is 3.41. The molecular formula is C17H23Cl2N3O3. The van der Waals surface area contributed by atoms with Gasteiger partial charge in [-0.3, -0.25) is 0 Å². The van der Waals surface area contributed by atoms with Crippen molar-refractivity contribution in [3.05, 3.63) is 28.8 Å². The fourth-order valence-electron chi connectivity index (χ4n) is 3.25. The molecule has 1 aromatic carbocycles. The number of carbonyl (C=O) groups is 2. The van der Waals surface area contributed by atoms with Crippen molar-refractivity contribution in [3.8, 4) is 0 Å². The van der Waals surface area contributed by atoms with Gasteiger partial charge in [0.05, 0.1) is 22.4 Å². The summed E-state index contributed by atoms with van der Waals surface area (Å²) in [4.78, 5) is 26.3. The predicted molar refractivity (Wildman–Crippen MR) is 99.7 cm³/mol. The van der Waals surface area contributed by atoms with Crippen molar-refractivity contribution in [3.63, 3.8) is 0 Å². The molecule has 8 heteroatoms. The zero-order valence-electron chi connectivity index (χ0n) is 14.3. The average molecular weight is 388 g/mol. The third-order valence-corrected chi connectivity index (χ3v) is 4.79. The number of anilines is 1. The van der Waals surface area contributed by atoms with E-state index in [1.165, 1.54) is 0 Å². The van der Waals surface area contributed by atoms with E-state index < -0.39 is 5.97 Å². The zero-order valence-corrected chi connectivity index (χ0v) is 15.8. The molecule has 2 fully saturated rings. The van der Waals surface area contributed by atoms with E-state index in [0.29, 0.717) is 28.1 Å². The van der Waals surface area contributed by atoms with E-state index in [-0.39, 0.29) is 24.5 Å². The number of benzene rings is 1. The minimum Gasteiger partial charge on any atom is -0.459 e. The molecule has 2 N–H and O–H groups in total. The molecule has 138 valence electrons. The van der Waals surface area contributed by atoms with Crippen LogP contribution in [0.1, 0.15) is 24.2 Å². The Balaban J connectivity index is 0.00000225. The Labute approximate surface area is 158 Å². The Morgan fingerprint density at radius 3 is 2.52 bits per heavy atom. The van der Waals surface area contributed by atoms with Gasteiger partial charge in [-0.2, -0.15) is 0 Å². The molecule has 3 rings (SSSR count). The lowest BCUT2D eigenvalue weighted by atomic mass is 10.0. The van der Waals surface area contributed by atoms with Crippen LogP contribution < -0.4 is 10.6 Å². The van der Waals surface area contributed by atoms with Crippen molar-refractivity contribution in [2.45, 2.75) is 20.0 Å². The summed E-state index contributed by atoms with van der Waals surface area (Å²) in [5, 5.41) is 6.56. The van der Waals surface area contributed by atoms with Gasteiger partial charge >= 0.3 is 12.0 Å². The first-order chi connectivity index (χ1) is 11.4. The lowest BCUT2D eigenvalue weighted by molar-refractivity contribution is 0.0378. The number of ether oxygens (including phenoxy) is 1. The summed E-state index contributed by atoms with van der Waals surface area (Å²) in [5.74, 6) is 0.621. The number of amides is 2. The quantitative estimate of drug-likeness (QED) is 0.781. The SMILES string of the molecule is CC(C)OC(=O)c1ccc(Cl)c(NC(=O)N2C[C@H]3CNC[C@H]3C2)c1.Cl. The van der Waals surface area contributed by atoms with Gasteiger partial charge in [-0.1, -0.05) is 11.6 Å². The van der Waals surface area contributed by atoms with Gasteiger partial charge in [0, 0.05) is 26.2 Å². The van der Waals surface area contributed by atoms with Crippen LogP contribution in [0.25, 0.3) is 0 Å². The van der Waals surface area contributed by atoms with Crippen LogP contribution in [0, 0.1) is 11.8 Å². The van der Waals surface area contributed by atoms with Gasteiger partial charge in [-0.05, 0) is 43.9 Å². The molecule has 25 heavy (non-hydrogen) atoms. The van der Waals surface area contributed by atoms with Gasteiger partial charge < -0.3 is 20.3 Å². The molecule has 6 nitrogen and oxygen atoms in total. The molecule has 2 atom stereocenters. The minimum absolute atomic E-state index is 0. The van der Waals surface area contributed by atoms with Crippen molar-refractivity contribution < 1.29 is 14.3 Å². The lowest BCUT2D eigenvalue weighted by Crippen LogP contribution is -2.35. The third-order valence-electron chi connectivity index (χ3n) is 4.46. The molecule has 0 aromatic heterocycles. The monoisotopic (exact) mass is 387 g/mol. The second kappa shape index (κ2) is 8.25. The topological polar surface area (TPSA) is 70.7 Å². The average Bonchev–Trinajstić information content (AvgIpc) is 3.10. The number of nitrogens with zero attached hydrogens (tertiary/aromatic N) is 1. The number of urea groups is 1. The number of nitrogens with one attached hydrogen (secondary N) is 2. The highest BCUT2D eigenvalue weighted by molar-refractivity contribution is 6.33. The standard InChI is InChI=1S/C17H22ClN3O3.ClH/c1-10(2)24-16(22)11-3-4-14(18)15(5-11)20-17(23)21-8-12-6-19-7-13(12)9-21;/h3-5,10,12-13,19H,6-9H2,1-2H3,(H,20,23);1H/t12-,13+;. The van der Waals surface area contributed by atoms with Crippen molar-refractivity contribution in [1.29, 1.82) is 0 Å². The van der Waals surface area contributed by atoms with Crippen LogP contribution in [0.3, 0.4) is 0 Å². The second-order valence-corrected chi connectivity index (χ2v) is 7.07. The highest BCUT2D eigenvalue weighted by Crippen LogP contribution is 2.28. The van der Waals surface area contributed by atoms with Crippen LogP contribution in [0.4, 0.5) is 10.5 Å². The highest BCUT2D eigenvalue weighted by Gasteiger charge is 2.38. The Bertz CT molecular complexity index is 642. The molecule has 1 aromatic rings. The normalized spacial score (nSPS) is 21.7. The summed E-state index contributed by atoms with van der Waals surface area (Å²) in [7, 11) is 0. The summed E-state index contributed by atoms with van der Waals surface area (Å²) >= 11 is 6.16. The molecule has 2 aliphatic heterocycles. The van der Waals surface area contributed by atoms with E-state index in [1.54, 1.807) is 32.0 Å². The molecule has 2 amide bonds. The largest absolute Gasteiger partial charge is 0.459 e. The van der Waals surface area contributed by atoms with E-state index in [0.717, 1.165) is 26.2 Å². The first-order valence-electron chi connectivity index (χ1n) is 8.21. The Hall–Kier alpha value is -1.50. The number of rotatable bonds is 3. The molecule has 2 saturated heterocycles. The molecule has 0 spiro atoms. The maximum absolute atomic E-state index is 12.5. The van der Waals surface area contributed by atoms with E-state index in [4.69, 9.17) is 16.3 Å². The van der Waals surface area contributed by atoms with Gasteiger partial charge in [0.1, 0.15) is 0 Å². The van der Waals surface area contributed by atoms with E-state index in [9.17, 15) is 9.59 Å². The zero-order chi connectivity index (χ0) is 17.3. The summed E-state index contributed by atoms with van der Waals surface area (Å²) in [6.07, 6.45) is -0.205. The molecule has 2 heterocycles. The Morgan fingerprint density at radius 1 is 1.28 bits per heavy atom. The number of hydrogen-bond acceptors (Lipinski definition) is 4. The van der Waals surface area contributed by atoms with Gasteiger partial charge in [0.2, 0.25) is 0 Å². The molecule has 0 unspecified atom stereocenters. The number of hydrogen-bond donors (Lipinski definition) is 2. The van der Waals surface area contributed by atoms with Crippen molar-refractivity contribution in [2.24, 2.45) is 11.8 Å². The van der Waals surface area contributed by atoms with Gasteiger partial charge in [0.15, 0.2) is 0 Å². The van der Waals surface area contributed by atoms with Gasteiger partial charge in [-0.15, -0.1) is 12.4 Å². The first-order valence-corrected chi connectivity index (χ1v) is 8.59. The summed E-state index contributed by atoms with van der Waals surface area (Å²) in [6.45, 7) is 7.00. The number of fused-ring (bicyclic) bond motifs is 1. The lowest BCUT2D eigenvalue weighted by Gasteiger charge is -2.19. The number of likely N-dealkylation sites (tertiary alicyclic amines) is 1. The van der Waals surface area contributed by atoms with Crippen LogP contribution in [0.2, 0.25) is 5.02 Å². The van der Waals surface area contributed by atoms with E-state index >= 15 is 0 Å². The second-order valence-electron chi connectivity index (χ2n) is 6.66. The van der Waals surface area contributed by atoms with Crippen molar-refractivity contribution in [1.82, 2.24) is 10.2 Å². The third kappa shape index (κ3) is 4.57. The predicted octanol–water partition coefficient (Wildman–Crippen LogP) is 3.01. The van der Waals surface area contributed by atoms with Gasteiger partial charge in [-0.25, -0.2) is 9.59 Å². The molecule has 0 aliphatic carbocycles. The number of esters is 1. The maximum atomic E-state index is 12.5. The maximum Gasteiger partial charge on any atom is 0.338 e. The Kier molecular flexibility index (Phi) is 6.54. The Morgan fingerprint density at radius 2 is 1.92 bits per heavy atom. The van der Waals surface area contributed by atoms with Crippen LogP contribution in [-0.4, -0.2) is 49.2 Å². The smallest absolute Gasteiger partial charge is 0.338 e. The van der Waals surface area contributed by atoms with E-state index in [1.807, 2.05) is 4.90 Å². The molecule has 0 bridgehead atoms. The fraction of sp³-hybridized carbons (Fsp3) is 0.529. The van der Waals surface area contributed by atoms with Crippen molar-refractivity contribution >= 4 is 41.7 Å². The van der Waals surface area contributed by atoms with Crippen LogP contribution in [0.5, 0.6) is 0 Å². The summed E-state index contributed by atoms with van der Waals surface area (Å²) in [6, 6.07) is 4.56. The first kappa shape index (κ1) is 19.8. The van der Waals surface area contributed by atoms with Gasteiger partial charge in [0.25, 0.3) is 0 Å². The van der Waals surface area contributed by atoms with E-state index in [2.05, 4.69) is 10.6 Å². The molecule has 0 radical (unpaired) electrons.